The van der Waals surface area contributed by atoms with Crippen molar-refractivity contribution in [3.63, 3.8) is 0 Å². The van der Waals surface area contributed by atoms with E-state index >= 15 is 0 Å². The first-order valence-electron chi connectivity index (χ1n) is 8.63. The maximum Gasteiger partial charge on any atom is 0.308 e. The number of rotatable bonds is 9. The van der Waals surface area contributed by atoms with E-state index in [1.165, 1.54) is 7.11 Å². The minimum atomic E-state index is -0.454. The lowest BCUT2D eigenvalue weighted by Gasteiger charge is -2.13. The first-order valence-corrected chi connectivity index (χ1v) is 8.63. The second-order valence-electron chi connectivity index (χ2n) is 6.15. The molecule has 0 bridgehead atoms. The van der Waals surface area contributed by atoms with Crippen molar-refractivity contribution in [2.24, 2.45) is 5.92 Å². The van der Waals surface area contributed by atoms with Gasteiger partial charge in [0.25, 0.3) is 0 Å². The van der Waals surface area contributed by atoms with Crippen molar-refractivity contribution in [3.05, 3.63) is 71.3 Å². The Labute approximate surface area is 154 Å². The van der Waals surface area contributed by atoms with Crippen LogP contribution in [0, 0.1) is 5.92 Å². The number of carbonyl (C=O) groups excluding carboxylic acids is 2. The number of ether oxygens (including phenoxy) is 2. The van der Waals surface area contributed by atoms with Crippen molar-refractivity contribution >= 4 is 11.9 Å². The zero-order chi connectivity index (χ0) is 18.8. The Morgan fingerprint density at radius 3 is 2.31 bits per heavy atom. The van der Waals surface area contributed by atoms with Gasteiger partial charge in [-0.05, 0) is 16.7 Å². The molecule has 0 unspecified atom stereocenters. The number of methoxy groups -OCH3 is 1. The van der Waals surface area contributed by atoms with E-state index in [1.807, 2.05) is 54.6 Å². The highest BCUT2D eigenvalue weighted by Crippen LogP contribution is 2.12. The minimum absolute atomic E-state index is 0.110. The van der Waals surface area contributed by atoms with Crippen molar-refractivity contribution < 1.29 is 19.1 Å². The van der Waals surface area contributed by atoms with Crippen LogP contribution in [0.25, 0.3) is 0 Å². The zero-order valence-electron chi connectivity index (χ0n) is 15.2. The molecular formula is C21H25NO4. The number of carbonyl (C=O) groups is 2. The van der Waals surface area contributed by atoms with Crippen LogP contribution in [0.5, 0.6) is 0 Å². The molecule has 0 saturated heterocycles. The zero-order valence-corrected chi connectivity index (χ0v) is 15.2. The molecule has 0 fully saturated rings. The summed E-state index contributed by atoms with van der Waals surface area (Å²) in [4.78, 5) is 23.4. The number of esters is 1. The van der Waals surface area contributed by atoms with Gasteiger partial charge in [0.15, 0.2) is 0 Å². The van der Waals surface area contributed by atoms with E-state index in [0.29, 0.717) is 19.8 Å². The molecule has 2 rings (SSSR count). The topological polar surface area (TPSA) is 64.6 Å². The molecule has 1 atom stereocenters. The molecule has 5 nitrogen and oxygen atoms in total. The summed E-state index contributed by atoms with van der Waals surface area (Å²) < 4.78 is 10.4. The molecule has 0 aliphatic heterocycles. The van der Waals surface area contributed by atoms with E-state index in [4.69, 9.17) is 4.74 Å². The summed E-state index contributed by atoms with van der Waals surface area (Å²) in [6.07, 6.45) is 0.110. The summed E-state index contributed by atoms with van der Waals surface area (Å²) in [5, 5.41) is 2.86. The second-order valence-corrected chi connectivity index (χ2v) is 6.15. The van der Waals surface area contributed by atoms with Gasteiger partial charge in [0.05, 0.1) is 26.2 Å². The van der Waals surface area contributed by atoms with Crippen LogP contribution < -0.4 is 5.32 Å². The van der Waals surface area contributed by atoms with Crippen molar-refractivity contribution in [1.82, 2.24) is 5.32 Å². The normalized spacial score (nSPS) is 11.6. The average Bonchev–Trinajstić information content (AvgIpc) is 2.67. The summed E-state index contributed by atoms with van der Waals surface area (Å²) in [7, 11) is 1.32. The van der Waals surface area contributed by atoms with Crippen LogP contribution in [0.4, 0.5) is 0 Å². The minimum Gasteiger partial charge on any atom is -0.469 e. The summed E-state index contributed by atoms with van der Waals surface area (Å²) in [6, 6.07) is 17.8. The van der Waals surface area contributed by atoms with E-state index < -0.39 is 5.92 Å². The van der Waals surface area contributed by atoms with Gasteiger partial charge in [0, 0.05) is 13.0 Å². The lowest BCUT2D eigenvalue weighted by molar-refractivity contribution is -0.146. The Morgan fingerprint density at radius 2 is 1.62 bits per heavy atom. The van der Waals surface area contributed by atoms with Crippen molar-refractivity contribution in [1.29, 1.82) is 0 Å². The fourth-order valence-corrected chi connectivity index (χ4v) is 2.55. The van der Waals surface area contributed by atoms with Gasteiger partial charge in [-0.15, -0.1) is 0 Å². The first-order chi connectivity index (χ1) is 12.6. The van der Waals surface area contributed by atoms with Crippen molar-refractivity contribution in [3.8, 4) is 0 Å². The maximum atomic E-state index is 12.0. The van der Waals surface area contributed by atoms with Crippen LogP contribution in [0.15, 0.2) is 54.6 Å². The third-order valence-corrected chi connectivity index (χ3v) is 4.06. The van der Waals surface area contributed by atoms with Crippen molar-refractivity contribution in [2.45, 2.75) is 33.1 Å². The van der Waals surface area contributed by atoms with Gasteiger partial charge >= 0.3 is 5.97 Å². The molecule has 2 aromatic carbocycles. The molecule has 138 valence electrons. The molecule has 0 radical (unpaired) electrons. The molecule has 0 aromatic heterocycles. The van der Waals surface area contributed by atoms with Gasteiger partial charge in [-0.1, -0.05) is 61.5 Å². The fraction of sp³-hybridized carbons (Fsp3) is 0.333. The predicted octanol–water partition coefficient (Wildman–Crippen LogP) is 3.22. The summed E-state index contributed by atoms with van der Waals surface area (Å²) in [6.45, 7) is 3.09. The number of hydrogen-bond acceptors (Lipinski definition) is 4. The summed E-state index contributed by atoms with van der Waals surface area (Å²) in [5.74, 6) is -1.01. The summed E-state index contributed by atoms with van der Waals surface area (Å²) in [5.41, 5.74) is 3.15. The lowest BCUT2D eigenvalue weighted by atomic mass is 10.1. The molecule has 0 heterocycles. The number of amides is 1. The maximum absolute atomic E-state index is 12.0. The van der Waals surface area contributed by atoms with E-state index in [-0.39, 0.29) is 18.3 Å². The fourth-order valence-electron chi connectivity index (χ4n) is 2.55. The second kappa shape index (κ2) is 10.4. The molecular weight excluding hydrogens is 330 g/mol. The summed E-state index contributed by atoms with van der Waals surface area (Å²) >= 11 is 0. The van der Waals surface area contributed by atoms with Crippen LogP contribution in [0.1, 0.15) is 30.0 Å². The molecule has 1 N–H and O–H groups in total. The highest BCUT2D eigenvalue weighted by molar-refractivity contribution is 5.82. The molecule has 5 heteroatoms. The van der Waals surface area contributed by atoms with E-state index in [1.54, 1.807) is 6.92 Å². The lowest BCUT2D eigenvalue weighted by Crippen LogP contribution is -2.27. The Hall–Kier alpha value is -2.66. The highest BCUT2D eigenvalue weighted by Gasteiger charge is 2.17. The SMILES string of the molecule is COC(=O)[C@H](C)CC(=O)NCc1ccccc1COCc1ccccc1. The van der Waals surface area contributed by atoms with E-state index in [2.05, 4.69) is 10.1 Å². The molecule has 26 heavy (non-hydrogen) atoms. The van der Waals surface area contributed by atoms with Crippen LogP contribution in [0.2, 0.25) is 0 Å². The number of nitrogens with one attached hydrogen (secondary N) is 1. The van der Waals surface area contributed by atoms with Crippen LogP contribution >= 0.6 is 0 Å². The Balaban J connectivity index is 1.84. The molecule has 2 aromatic rings. The van der Waals surface area contributed by atoms with Gasteiger partial charge in [-0.25, -0.2) is 0 Å². The predicted molar refractivity (Wildman–Crippen MR) is 99.0 cm³/mol. The third-order valence-electron chi connectivity index (χ3n) is 4.06. The van der Waals surface area contributed by atoms with Gasteiger partial charge in [0.2, 0.25) is 5.91 Å². The molecule has 1 amide bonds. The van der Waals surface area contributed by atoms with E-state index in [0.717, 1.165) is 16.7 Å². The number of benzene rings is 2. The van der Waals surface area contributed by atoms with Crippen molar-refractivity contribution in [2.75, 3.05) is 7.11 Å². The molecule has 0 saturated carbocycles. The highest BCUT2D eigenvalue weighted by atomic mass is 16.5. The quantitative estimate of drug-likeness (QED) is 0.702. The Morgan fingerprint density at radius 1 is 0.962 bits per heavy atom. The standard InChI is InChI=1S/C21H25NO4/c1-16(21(24)25-2)12-20(23)22-13-18-10-6-7-11-19(18)15-26-14-17-8-4-3-5-9-17/h3-11,16H,12-15H2,1-2H3,(H,22,23)/t16-/m1/s1. The van der Waals surface area contributed by atoms with E-state index in [9.17, 15) is 9.59 Å². The Bertz CT molecular complexity index is 715. The van der Waals surface area contributed by atoms with Crippen LogP contribution in [0.3, 0.4) is 0 Å². The number of hydrogen-bond donors (Lipinski definition) is 1. The van der Waals surface area contributed by atoms with Crippen LogP contribution in [-0.4, -0.2) is 19.0 Å². The smallest absolute Gasteiger partial charge is 0.308 e. The van der Waals surface area contributed by atoms with Crippen LogP contribution in [-0.2, 0) is 38.8 Å². The van der Waals surface area contributed by atoms with Gasteiger partial charge in [-0.2, -0.15) is 0 Å². The van der Waals surface area contributed by atoms with Gasteiger partial charge < -0.3 is 14.8 Å². The monoisotopic (exact) mass is 355 g/mol. The first kappa shape index (κ1) is 19.7. The average molecular weight is 355 g/mol. The van der Waals surface area contributed by atoms with Gasteiger partial charge in [0.1, 0.15) is 0 Å². The molecule has 0 spiro atoms. The Kier molecular flexibility index (Phi) is 7.83. The molecule has 0 aliphatic rings. The third kappa shape index (κ3) is 6.33. The largest absolute Gasteiger partial charge is 0.469 e. The van der Waals surface area contributed by atoms with Gasteiger partial charge in [-0.3, -0.25) is 9.59 Å². The molecule has 0 aliphatic carbocycles.